The van der Waals surface area contributed by atoms with Crippen molar-refractivity contribution in [2.24, 2.45) is 0 Å². The minimum Gasteiger partial charge on any atom is -0.455 e. The molecular formula is C21H27N3O2. The Labute approximate surface area is 155 Å². The molecule has 0 saturated carbocycles. The van der Waals surface area contributed by atoms with Crippen molar-refractivity contribution in [3.8, 4) is 11.5 Å². The van der Waals surface area contributed by atoms with Crippen LogP contribution in [-0.2, 0) is 4.79 Å². The van der Waals surface area contributed by atoms with E-state index in [-0.39, 0.29) is 5.91 Å². The second kappa shape index (κ2) is 9.25. The van der Waals surface area contributed by atoms with Crippen LogP contribution in [0.3, 0.4) is 0 Å². The van der Waals surface area contributed by atoms with E-state index in [9.17, 15) is 4.79 Å². The maximum absolute atomic E-state index is 12.4. The van der Waals surface area contributed by atoms with E-state index in [1.807, 2.05) is 59.5 Å². The van der Waals surface area contributed by atoms with Gasteiger partial charge >= 0.3 is 0 Å². The van der Waals surface area contributed by atoms with Gasteiger partial charge in [0.2, 0.25) is 5.91 Å². The molecule has 26 heavy (non-hydrogen) atoms. The van der Waals surface area contributed by atoms with Crippen LogP contribution in [0.5, 0.6) is 11.5 Å². The number of hydrogen-bond donors (Lipinski definition) is 1. The monoisotopic (exact) mass is 353 g/mol. The van der Waals surface area contributed by atoms with Crippen LogP contribution in [0.1, 0.15) is 13.3 Å². The number of carbonyl (C=O) groups is 1. The van der Waals surface area contributed by atoms with Crippen molar-refractivity contribution >= 4 is 11.6 Å². The summed E-state index contributed by atoms with van der Waals surface area (Å²) in [7, 11) is 0. The molecule has 2 aromatic rings. The first-order valence-electron chi connectivity index (χ1n) is 9.32. The van der Waals surface area contributed by atoms with Crippen LogP contribution in [0.4, 0.5) is 5.69 Å². The zero-order chi connectivity index (χ0) is 18.2. The van der Waals surface area contributed by atoms with Crippen LogP contribution in [-0.4, -0.2) is 55.0 Å². The van der Waals surface area contributed by atoms with Gasteiger partial charge in [-0.15, -0.1) is 0 Å². The van der Waals surface area contributed by atoms with Gasteiger partial charge < -0.3 is 19.9 Å². The zero-order valence-electron chi connectivity index (χ0n) is 15.4. The van der Waals surface area contributed by atoms with Crippen molar-refractivity contribution < 1.29 is 9.53 Å². The summed E-state index contributed by atoms with van der Waals surface area (Å²) in [4.78, 5) is 16.7. The van der Waals surface area contributed by atoms with Gasteiger partial charge in [0.25, 0.3) is 0 Å². The predicted molar refractivity (Wildman–Crippen MR) is 105 cm³/mol. The van der Waals surface area contributed by atoms with Crippen molar-refractivity contribution in [3.63, 3.8) is 0 Å². The molecule has 3 rings (SSSR count). The summed E-state index contributed by atoms with van der Waals surface area (Å²) in [6.45, 7) is 7.44. The Morgan fingerprint density at radius 2 is 1.69 bits per heavy atom. The summed E-state index contributed by atoms with van der Waals surface area (Å²) in [6.07, 6.45) is 0.492. The minimum absolute atomic E-state index is 0.217. The largest absolute Gasteiger partial charge is 0.455 e. The smallest absolute Gasteiger partial charge is 0.224 e. The molecule has 1 fully saturated rings. The number of ether oxygens (including phenoxy) is 1. The molecule has 2 aromatic carbocycles. The predicted octanol–water partition coefficient (Wildman–Crippen LogP) is 3.45. The molecule has 1 N–H and O–H groups in total. The van der Waals surface area contributed by atoms with E-state index in [2.05, 4.69) is 17.1 Å². The number of nitrogens with zero attached hydrogens (tertiary/aromatic N) is 2. The van der Waals surface area contributed by atoms with Crippen molar-refractivity contribution in [3.05, 3.63) is 54.6 Å². The molecule has 1 aliphatic heterocycles. The van der Waals surface area contributed by atoms with Gasteiger partial charge in [-0.1, -0.05) is 37.3 Å². The number of benzene rings is 2. The number of nitrogens with one attached hydrogen (secondary N) is 1. The summed E-state index contributed by atoms with van der Waals surface area (Å²) in [5.74, 6) is 1.78. The normalized spacial score (nSPS) is 14.9. The lowest BCUT2D eigenvalue weighted by Crippen LogP contribution is -2.48. The van der Waals surface area contributed by atoms with E-state index in [1.165, 1.54) is 0 Å². The van der Waals surface area contributed by atoms with Crippen molar-refractivity contribution in [2.75, 3.05) is 44.6 Å². The molecule has 0 unspecified atom stereocenters. The number of amides is 1. The Balaban J connectivity index is 1.50. The molecule has 0 aliphatic carbocycles. The molecule has 0 bridgehead atoms. The van der Waals surface area contributed by atoms with Crippen LogP contribution in [0.2, 0.25) is 0 Å². The third-order valence-electron chi connectivity index (χ3n) is 4.68. The maximum Gasteiger partial charge on any atom is 0.224 e. The third kappa shape index (κ3) is 4.99. The summed E-state index contributed by atoms with van der Waals surface area (Å²) in [5, 5.41) is 3.34. The fourth-order valence-corrected chi connectivity index (χ4v) is 3.09. The SMILES string of the molecule is CCN1CCN(C(=O)CCNc2ccccc2Oc2ccccc2)CC1. The van der Waals surface area contributed by atoms with E-state index in [1.54, 1.807) is 0 Å². The highest BCUT2D eigenvalue weighted by atomic mass is 16.5. The molecule has 138 valence electrons. The molecule has 0 aromatic heterocycles. The van der Waals surface area contributed by atoms with Gasteiger partial charge in [-0.2, -0.15) is 0 Å². The molecule has 5 heteroatoms. The number of carbonyl (C=O) groups excluding carboxylic acids is 1. The van der Waals surface area contributed by atoms with Gasteiger partial charge in [0.05, 0.1) is 5.69 Å². The minimum atomic E-state index is 0.217. The van der Waals surface area contributed by atoms with E-state index in [0.29, 0.717) is 13.0 Å². The van der Waals surface area contributed by atoms with Crippen LogP contribution >= 0.6 is 0 Å². The molecule has 5 nitrogen and oxygen atoms in total. The van der Waals surface area contributed by atoms with E-state index in [0.717, 1.165) is 49.9 Å². The average Bonchev–Trinajstić information content (AvgIpc) is 2.70. The van der Waals surface area contributed by atoms with Crippen LogP contribution in [0.25, 0.3) is 0 Å². The van der Waals surface area contributed by atoms with E-state index < -0.39 is 0 Å². The van der Waals surface area contributed by atoms with Crippen LogP contribution in [0.15, 0.2) is 54.6 Å². The number of para-hydroxylation sites is 3. The van der Waals surface area contributed by atoms with E-state index >= 15 is 0 Å². The molecule has 1 heterocycles. The topological polar surface area (TPSA) is 44.8 Å². The lowest BCUT2D eigenvalue weighted by atomic mass is 10.2. The van der Waals surface area contributed by atoms with Crippen molar-refractivity contribution in [1.29, 1.82) is 0 Å². The molecule has 1 saturated heterocycles. The van der Waals surface area contributed by atoms with Crippen molar-refractivity contribution in [2.45, 2.75) is 13.3 Å². The van der Waals surface area contributed by atoms with Crippen LogP contribution < -0.4 is 10.1 Å². The second-order valence-corrected chi connectivity index (χ2v) is 6.40. The van der Waals surface area contributed by atoms with E-state index in [4.69, 9.17) is 4.74 Å². The highest BCUT2D eigenvalue weighted by Crippen LogP contribution is 2.28. The summed E-state index contributed by atoms with van der Waals surface area (Å²) >= 11 is 0. The highest BCUT2D eigenvalue weighted by molar-refractivity contribution is 5.77. The first kappa shape index (κ1) is 18.3. The molecule has 0 radical (unpaired) electrons. The quantitative estimate of drug-likeness (QED) is 0.828. The Morgan fingerprint density at radius 1 is 1.00 bits per heavy atom. The second-order valence-electron chi connectivity index (χ2n) is 6.40. The maximum atomic E-state index is 12.4. The van der Waals surface area contributed by atoms with Crippen LogP contribution in [0, 0.1) is 0 Å². The number of likely N-dealkylation sites (N-methyl/N-ethyl adjacent to an activating group) is 1. The fourth-order valence-electron chi connectivity index (χ4n) is 3.09. The number of rotatable bonds is 7. The summed E-state index contributed by atoms with van der Waals surface area (Å²) < 4.78 is 5.94. The highest BCUT2D eigenvalue weighted by Gasteiger charge is 2.19. The molecule has 1 aliphatic rings. The number of hydrogen-bond acceptors (Lipinski definition) is 4. The van der Waals surface area contributed by atoms with Gasteiger partial charge in [-0.3, -0.25) is 4.79 Å². The summed E-state index contributed by atoms with van der Waals surface area (Å²) in [6, 6.07) is 17.5. The molecule has 0 spiro atoms. The summed E-state index contributed by atoms with van der Waals surface area (Å²) in [5.41, 5.74) is 0.903. The van der Waals surface area contributed by atoms with Gasteiger partial charge in [-0.05, 0) is 30.8 Å². The molecule has 1 amide bonds. The zero-order valence-corrected chi connectivity index (χ0v) is 15.4. The Hall–Kier alpha value is -2.53. The average molecular weight is 353 g/mol. The standard InChI is InChI=1S/C21H27N3O2/c1-2-23-14-16-24(17-15-23)21(25)12-13-22-19-10-6-7-11-20(19)26-18-8-4-3-5-9-18/h3-11,22H,2,12-17H2,1H3. The Kier molecular flexibility index (Phi) is 6.50. The lowest BCUT2D eigenvalue weighted by Gasteiger charge is -2.34. The molecular weight excluding hydrogens is 326 g/mol. The number of anilines is 1. The third-order valence-corrected chi connectivity index (χ3v) is 4.68. The van der Waals surface area contributed by atoms with Gasteiger partial charge in [-0.25, -0.2) is 0 Å². The van der Waals surface area contributed by atoms with Gasteiger partial charge in [0, 0.05) is 39.1 Å². The fraction of sp³-hybridized carbons (Fsp3) is 0.381. The first-order valence-corrected chi connectivity index (χ1v) is 9.32. The van der Waals surface area contributed by atoms with Gasteiger partial charge in [0.15, 0.2) is 5.75 Å². The first-order chi connectivity index (χ1) is 12.8. The Morgan fingerprint density at radius 3 is 2.42 bits per heavy atom. The van der Waals surface area contributed by atoms with Crippen molar-refractivity contribution in [1.82, 2.24) is 9.80 Å². The lowest BCUT2D eigenvalue weighted by molar-refractivity contribution is -0.132. The molecule has 0 atom stereocenters. The number of piperazine rings is 1. The van der Waals surface area contributed by atoms with Gasteiger partial charge in [0.1, 0.15) is 5.75 Å². The Bertz CT molecular complexity index is 697.